The van der Waals surface area contributed by atoms with Crippen molar-refractivity contribution in [3.8, 4) is 11.5 Å². The number of aromatic hydroxyl groups is 1. The van der Waals surface area contributed by atoms with Gasteiger partial charge in [-0.2, -0.15) is 0 Å². The average molecular weight is 462 g/mol. The Kier molecular flexibility index (Phi) is 8.37. The molecule has 174 valence electrons. The molecular formula is C24H32ClN3O4. The Morgan fingerprint density at radius 3 is 2.59 bits per heavy atom. The third-order valence-electron chi connectivity index (χ3n) is 5.51. The van der Waals surface area contributed by atoms with Crippen molar-refractivity contribution >= 4 is 23.2 Å². The summed E-state index contributed by atoms with van der Waals surface area (Å²) < 4.78 is 5.73. The molecular weight excluding hydrogens is 430 g/mol. The molecule has 1 saturated heterocycles. The van der Waals surface area contributed by atoms with E-state index in [9.17, 15) is 15.0 Å². The summed E-state index contributed by atoms with van der Waals surface area (Å²) in [6.45, 7) is 5.21. The lowest BCUT2D eigenvalue weighted by atomic mass is 10.0. The van der Waals surface area contributed by atoms with Gasteiger partial charge in [-0.25, -0.2) is 0 Å². The highest BCUT2D eigenvalue weighted by molar-refractivity contribution is 6.20. The van der Waals surface area contributed by atoms with Crippen molar-refractivity contribution in [2.45, 2.75) is 43.8 Å². The second kappa shape index (κ2) is 11.0. The van der Waals surface area contributed by atoms with Crippen LogP contribution >= 0.6 is 11.6 Å². The van der Waals surface area contributed by atoms with Gasteiger partial charge in [-0.1, -0.05) is 30.3 Å². The first-order valence-corrected chi connectivity index (χ1v) is 11.3. The molecule has 0 aliphatic carbocycles. The van der Waals surface area contributed by atoms with Crippen LogP contribution in [0, 0.1) is 0 Å². The number of anilines is 1. The van der Waals surface area contributed by atoms with Crippen molar-refractivity contribution < 1.29 is 19.7 Å². The van der Waals surface area contributed by atoms with E-state index in [2.05, 4.69) is 15.5 Å². The largest absolute Gasteiger partial charge is 0.508 e. The smallest absolute Gasteiger partial charge is 0.221 e. The van der Waals surface area contributed by atoms with E-state index in [1.54, 1.807) is 13.0 Å². The molecule has 2 aromatic carbocycles. The minimum Gasteiger partial charge on any atom is -0.508 e. The maximum Gasteiger partial charge on any atom is 0.221 e. The minimum atomic E-state index is -1.13. The second-order valence-electron chi connectivity index (χ2n) is 8.58. The summed E-state index contributed by atoms with van der Waals surface area (Å²) >= 11 is 6.64. The van der Waals surface area contributed by atoms with Crippen molar-refractivity contribution in [3.05, 3.63) is 54.1 Å². The van der Waals surface area contributed by atoms with Gasteiger partial charge >= 0.3 is 0 Å². The Balaban J connectivity index is 1.46. The Morgan fingerprint density at radius 1 is 1.25 bits per heavy atom. The van der Waals surface area contributed by atoms with Gasteiger partial charge in [-0.05, 0) is 37.5 Å². The molecule has 0 aromatic heterocycles. The summed E-state index contributed by atoms with van der Waals surface area (Å²) in [5.74, 6) is 0.0846. The van der Waals surface area contributed by atoms with Gasteiger partial charge in [0.2, 0.25) is 5.91 Å². The topological polar surface area (TPSA) is 94.1 Å². The van der Waals surface area contributed by atoms with E-state index < -0.39 is 5.60 Å². The van der Waals surface area contributed by atoms with Crippen molar-refractivity contribution in [1.29, 1.82) is 0 Å². The predicted octanol–water partition coefficient (Wildman–Crippen LogP) is 3.47. The number of alkyl halides is 1. The first-order valence-electron chi connectivity index (χ1n) is 10.9. The number of nitrogens with zero attached hydrogens (tertiary/aromatic N) is 1. The number of phenolic OH excluding ortho intramolecular Hbond substituents is 1. The van der Waals surface area contributed by atoms with Gasteiger partial charge in [0, 0.05) is 38.7 Å². The number of phenols is 1. The third-order valence-corrected chi connectivity index (χ3v) is 6.04. The van der Waals surface area contributed by atoms with Crippen LogP contribution in [0.3, 0.4) is 0 Å². The molecule has 3 rings (SSSR count). The molecule has 1 unspecified atom stereocenters. The molecule has 1 fully saturated rings. The molecule has 0 radical (unpaired) electrons. The summed E-state index contributed by atoms with van der Waals surface area (Å²) in [4.78, 5) is 13.6. The van der Waals surface area contributed by atoms with Crippen LogP contribution < -0.4 is 15.4 Å². The van der Waals surface area contributed by atoms with Gasteiger partial charge < -0.3 is 25.6 Å². The lowest BCUT2D eigenvalue weighted by molar-refractivity contribution is -0.114. The average Bonchev–Trinajstić information content (AvgIpc) is 2.78. The highest BCUT2D eigenvalue weighted by Gasteiger charge is 2.28. The number of rotatable bonds is 9. The molecule has 2 aromatic rings. The molecule has 32 heavy (non-hydrogen) atoms. The van der Waals surface area contributed by atoms with Crippen LogP contribution in [0.25, 0.3) is 0 Å². The molecule has 1 amide bonds. The number of benzene rings is 2. The fourth-order valence-electron chi connectivity index (χ4n) is 3.72. The third kappa shape index (κ3) is 7.10. The fourth-order valence-corrected chi connectivity index (χ4v) is 4.07. The number of ether oxygens (including phenoxy) is 1. The van der Waals surface area contributed by atoms with E-state index in [1.165, 1.54) is 19.1 Å². The number of amides is 1. The summed E-state index contributed by atoms with van der Waals surface area (Å²) in [5, 5.41) is 26.6. The number of likely N-dealkylation sites (tertiary alicyclic amines) is 1. The standard InChI is InChI=1S/C24H32ClN3O4/c1-17(29)27-21-9-8-20(30)14-22(21)32-16-24(2,31)15-26-19-10-12-28(13-11-19)23(25)18-6-4-3-5-7-18/h3-9,14,19,23,26,30-31H,10-13,15-16H2,1-2H3,(H,27,29)/t23?,24-/m0/s1. The molecule has 0 bridgehead atoms. The SMILES string of the molecule is CC(=O)Nc1ccc(O)cc1OC[C@@](C)(O)CNC1CCN(C(Cl)c2ccccc2)CC1. The van der Waals surface area contributed by atoms with E-state index in [1.807, 2.05) is 30.3 Å². The summed E-state index contributed by atoms with van der Waals surface area (Å²) in [6.07, 6.45) is 1.87. The monoisotopic (exact) mass is 461 g/mol. The number of hydrogen-bond donors (Lipinski definition) is 4. The molecule has 2 atom stereocenters. The summed E-state index contributed by atoms with van der Waals surface area (Å²) in [7, 11) is 0. The molecule has 0 spiro atoms. The van der Waals surface area contributed by atoms with Crippen LogP contribution in [0.15, 0.2) is 48.5 Å². The Bertz CT molecular complexity index is 886. The van der Waals surface area contributed by atoms with Crippen LogP contribution in [0.5, 0.6) is 11.5 Å². The molecule has 1 heterocycles. The predicted molar refractivity (Wildman–Crippen MR) is 126 cm³/mol. The quantitative estimate of drug-likeness (QED) is 0.259. The Hall–Kier alpha value is -2.32. The Morgan fingerprint density at radius 2 is 1.94 bits per heavy atom. The van der Waals surface area contributed by atoms with Crippen LogP contribution in [-0.4, -0.2) is 58.9 Å². The number of carbonyl (C=O) groups excluding carboxylic acids is 1. The summed E-state index contributed by atoms with van der Waals surface area (Å²) in [6, 6.07) is 14.8. The maximum atomic E-state index is 11.4. The highest BCUT2D eigenvalue weighted by Crippen LogP contribution is 2.30. The van der Waals surface area contributed by atoms with Crippen LogP contribution in [0.1, 0.15) is 37.8 Å². The van der Waals surface area contributed by atoms with Crippen molar-refractivity contribution in [2.24, 2.45) is 0 Å². The normalized spacial score (nSPS) is 18.0. The fraction of sp³-hybridized carbons (Fsp3) is 0.458. The van der Waals surface area contributed by atoms with Crippen molar-refractivity contribution in [2.75, 3.05) is 31.6 Å². The highest BCUT2D eigenvalue weighted by atomic mass is 35.5. The van der Waals surface area contributed by atoms with Gasteiger partial charge in [0.15, 0.2) is 0 Å². The number of halogens is 1. The second-order valence-corrected chi connectivity index (χ2v) is 9.00. The van der Waals surface area contributed by atoms with Gasteiger partial charge in [0.1, 0.15) is 29.2 Å². The molecule has 0 saturated carbocycles. The lowest BCUT2D eigenvalue weighted by Gasteiger charge is -2.36. The number of piperidine rings is 1. The van der Waals surface area contributed by atoms with E-state index in [-0.39, 0.29) is 29.8 Å². The number of carbonyl (C=O) groups is 1. The van der Waals surface area contributed by atoms with E-state index in [0.717, 1.165) is 31.5 Å². The van der Waals surface area contributed by atoms with E-state index >= 15 is 0 Å². The lowest BCUT2D eigenvalue weighted by Crippen LogP contribution is -2.49. The van der Waals surface area contributed by atoms with Crippen molar-refractivity contribution in [1.82, 2.24) is 10.2 Å². The van der Waals surface area contributed by atoms with Gasteiger partial charge in [0.25, 0.3) is 0 Å². The maximum absolute atomic E-state index is 11.4. The zero-order valence-corrected chi connectivity index (χ0v) is 19.3. The summed E-state index contributed by atoms with van der Waals surface area (Å²) in [5.41, 5.74) is 0.287. The minimum absolute atomic E-state index is 0.00659. The molecule has 7 nitrogen and oxygen atoms in total. The molecule has 1 aliphatic rings. The first kappa shape index (κ1) is 24.3. The number of aliphatic hydroxyl groups is 1. The van der Waals surface area contributed by atoms with Crippen molar-refractivity contribution in [3.63, 3.8) is 0 Å². The zero-order chi connectivity index (χ0) is 23.1. The van der Waals surface area contributed by atoms with Gasteiger partial charge in [-0.3, -0.25) is 9.69 Å². The molecule has 1 aliphatic heterocycles. The number of nitrogens with one attached hydrogen (secondary N) is 2. The van der Waals surface area contributed by atoms with Crippen LogP contribution in [0.4, 0.5) is 5.69 Å². The Labute approximate surface area is 194 Å². The van der Waals surface area contributed by atoms with Crippen LogP contribution in [0.2, 0.25) is 0 Å². The van der Waals surface area contributed by atoms with E-state index in [4.69, 9.17) is 16.3 Å². The molecule has 4 N–H and O–H groups in total. The van der Waals surface area contributed by atoms with E-state index in [0.29, 0.717) is 18.0 Å². The molecule has 8 heteroatoms. The van der Waals surface area contributed by atoms with Gasteiger partial charge in [-0.15, -0.1) is 11.6 Å². The zero-order valence-electron chi connectivity index (χ0n) is 18.6. The first-order chi connectivity index (χ1) is 15.2. The van der Waals surface area contributed by atoms with Gasteiger partial charge in [0.05, 0.1) is 5.69 Å². The van der Waals surface area contributed by atoms with Crippen LogP contribution in [-0.2, 0) is 4.79 Å². The number of hydrogen-bond acceptors (Lipinski definition) is 6.